The molecule has 2 unspecified atom stereocenters. The summed E-state index contributed by atoms with van der Waals surface area (Å²) in [5, 5.41) is 39.3. The Balaban J connectivity index is 0.000000174. The number of amides is 8. The number of benzene rings is 4. The smallest absolute Gasteiger partial charge is 0.246 e. The molecule has 11 heterocycles. The number of likely N-dealkylation sites (tertiary alicyclic amines) is 4. The van der Waals surface area contributed by atoms with Gasteiger partial charge in [-0.3, -0.25) is 38.4 Å². The number of thiophene rings is 1. The Morgan fingerprint density at radius 2 is 0.772 bits per heavy atom. The van der Waals surface area contributed by atoms with Gasteiger partial charge in [0, 0.05) is 80.9 Å². The van der Waals surface area contributed by atoms with Gasteiger partial charge < -0.3 is 64.9 Å². The van der Waals surface area contributed by atoms with Crippen molar-refractivity contribution in [2.75, 3.05) is 26.2 Å². The van der Waals surface area contributed by atoms with E-state index in [2.05, 4.69) is 170 Å². The fourth-order valence-electron chi connectivity index (χ4n) is 18.4. The van der Waals surface area contributed by atoms with Crippen LogP contribution in [0.15, 0.2) is 188 Å². The van der Waals surface area contributed by atoms with Crippen LogP contribution in [0.5, 0.6) is 0 Å². The van der Waals surface area contributed by atoms with Crippen molar-refractivity contribution in [3.8, 4) is 41.8 Å². The third kappa shape index (κ3) is 25.8. The molecule has 4 saturated heterocycles. The summed E-state index contributed by atoms with van der Waals surface area (Å²) in [6.45, 7) is 46.0. The first-order chi connectivity index (χ1) is 64.2. The number of aryl methyl sites for hydroxylation is 4. The Labute approximate surface area is 816 Å². The van der Waals surface area contributed by atoms with Crippen molar-refractivity contribution in [3.63, 3.8) is 0 Å². The molecule has 4 aliphatic heterocycles. The molecule has 0 bridgehead atoms. The standard InChI is InChI=1S/C27H37N3O3S.2C26H32N4O3S.C25H30N4O3S.CH4/c1-16-12-13-34-24(16)21-10-8-20(9-11-21)17(2)28-18(3)23-14-22(32)15-30(23)26(33)25(27(5,6)7)29-19(4)31;2*1-15(2)23(22-10-11-28-33-22)26(32)30-13-16(3)12-21(30)25(31)29-17(4)19-6-8-20(9-7-19)24-18(5)27-14-34-24;1-15(2)22(21-9-10-28-32-21)25(31)29-13-16(3)11-20(29)24(30)26-12-18-5-7-19(8-6-18)23-17(4)27-14-33-23;/h8-13,17,22-23,25,28,32H,3,14-15H2,1-2,4-7H3,(H,29,31);2*6-11,14-17,21,23H,12-13H2,1-5H3,(H,29,31);5-10,14-16,20,22H,11-13H2,1-4H3,(H,26,30);1H4/t17-,22+,23-,25+;16-,17+,21+,23?;16-,17+,21+,23-;16-,20+,22?;/m0111./s1. The fraction of sp³-hybridized carbons (Fsp3) is 0.467. The second-order valence-corrected chi connectivity index (χ2v) is 42.2. The minimum atomic E-state index is -0.684. The molecule has 0 spiro atoms. The summed E-state index contributed by atoms with van der Waals surface area (Å²) in [6.07, 6.45) is 6.39. The molecule has 0 aliphatic carbocycles. The summed E-state index contributed by atoms with van der Waals surface area (Å²) < 4.78 is 16.0. The van der Waals surface area contributed by atoms with Crippen LogP contribution in [0.25, 0.3) is 41.8 Å². The van der Waals surface area contributed by atoms with Crippen LogP contribution in [0.1, 0.15) is 242 Å². The van der Waals surface area contributed by atoms with E-state index < -0.39 is 53.4 Å². The summed E-state index contributed by atoms with van der Waals surface area (Å²) >= 11 is 6.60. The predicted octanol–water partition coefficient (Wildman–Crippen LogP) is 19.4. The molecule has 726 valence electrons. The average Bonchev–Trinajstić information content (AvgIpc) is 1.75. The number of aliphatic hydroxyl groups is 1. The quantitative estimate of drug-likeness (QED) is 0.0265. The highest BCUT2D eigenvalue weighted by Gasteiger charge is 2.48. The highest BCUT2D eigenvalue weighted by Crippen LogP contribution is 2.40. The number of aromatic nitrogens is 6. The number of nitrogens with zero attached hydrogens (tertiary/aromatic N) is 10. The number of thiazole rings is 3. The summed E-state index contributed by atoms with van der Waals surface area (Å²) in [5.41, 5.74) is 18.8. The highest BCUT2D eigenvalue weighted by atomic mass is 32.1. The molecule has 11 aromatic rings. The summed E-state index contributed by atoms with van der Waals surface area (Å²) in [7, 11) is 0. The summed E-state index contributed by atoms with van der Waals surface area (Å²) in [6, 6.07) is 37.5. The van der Waals surface area contributed by atoms with Gasteiger partial charge in [0.15, 0.2) is 0 Å². The van der Waals surface area contributed by atoms with Crippen LogP contribution >= 0.6 is 45.3 Å². The molecule has 8 amide bonds. The van der Waals surface area contributed by atoms with E-state index in [1.807, 2.05) is 150 Å². The lowest BCUT2D eigenvalue weighted by molar-refractivity contribution is -0.141. The normalized spacial score (nSPS) is 19.6. The molecule has 0 radical (unpaired) electrons. The van der Waals surface area contributed by atoms with E-state index in [0.717, 1.165) is 70.7 Å². The number of carbonyl (C=O) groups excluding carboxylic acids is 8. The average molecular weight is 1930 g/mol. The molecule has 4 fully saturated rings. The van der Waals surface area contributed by atoms with E-state index in [9.17, 15) is 43.5 Å². The Morgan fingerprint density at radius 3 is 1.08 bits per heavy atom. The van der Waals surface area contributed by atoms with Gasteiger partial charge in [-0.2, -0.15) is 0 Å². The first-order valence-electron chi connectivity index (χ1n) is 46.6. The van der Waals surface area contributed by atoms with Gasteiger partial charge in [-0.25, -0.2) is 15.0 Å². The molecular formula is C105H135N15O12S4. The van der Waals surface area contributed by atoms with Gasteiger partial charge in [0.25, 0.3) is 0 Å². The van der Waals surface area contributed by atoms with Crippen LogP contribution in [0, 0.1) is 68.6 Å². The second-order valence-electron chi connectivity index (χ2n) is 38.7. The first-order valence-corrected chi connectivity index (χ1v) is 50.1. The van der Waals surface area contributed by atoms with Gasteiger partial charge in [0.1, 0.15) is 59.2 Å². The molecule has 0 saturated carbocycles. The summed E-state index contributed by atoms with van der Waals surface area (Å²) in [4.78, 5) is 130. The maximum absolute atomic E-state index is 13.5. The van der Waals surface area contributed by atoms with Crippen LogP contribution in [0.4, 0.5) is 0 Å². The van der Waals surface area contributed by atoms with Crippen molar-refractivity contribution >= 4 is 92.6 Å². The van der Waals surface area contributed by atoms with Crippen molar-refractivity contribution in [3.05, 3.63) is 236 Å². The van der Waals surface area contributed by atoms with Crippen molar-refractivity contribution in [2.24, 2.45) is 40.9 Å². The van der Waals surface area contributed by atoms with E-state index in [4.69, 9.17) is 13.6 Å². The third-order valence-corrected chi connectivity index (χ3v) is 29.7. The van der Waals surface area contributed by atoms with Crippen LogP contribution in [0.3, 0.4) is 0 Å². The van der Waals surface area contributed by atoms with Gasteiger partial charge >= 0.3 is 0 Å². The second kappa shape index (κ2) is 46.9. The molecule has 15 atom stereocenters. The van der Waals surface area contributed by atoms with Crippen LogP contribution in [0.2, 0.25) is 0 Å². The Bertz CT molecular complexity index is 5600. The number of carbonyl (C=O) groups is 8. The number of hydrogen-bond acceptors (Lipinski definition) is 23. The van der Waals surface area contributed by atoms with Crippen molar-refractivity contribution < 1.29 is 57.0 Å². The van der Waals surface area contributed by atoms with E-state index in [1.165, 1.54) is 22.9 Å². The maximum Gasteiger partial charge on any atom is 0.246 e. The molecule has 6 N–H and O–H groups in total. The van der Waals surface area contributed by atoms with Crippen LogP contribution in [-0.4, -0.2) is 165 Å². The Kier molecular flexibility index (Phi) is 36.2. The van der Waals surface area contributed by atoms with Gasteiger partial charge in [-0.15, -0.1) is 45.3 Å². The summed E-state index contributed by atoms with van der Waals surface area (Å²) in [5.74, 6) is 0.0940. The topological polar surface area (TPSA) is 347 Å². The Morgan fingerprint density at radius 1 is 0.434 bits per heavy atom. The lowest BCUT2D eigenvalue weighted by Crippen LogP contribution is -2.56. The third-order valence-electron chi connectivity index (χ3n) is 25.7. The highest BCUT2D eigenvalue weighted by molar-refractivity contribution is 7.14. The van der Waals surface area contributed by atoms with Crippen LogP contribution < -0.4 is 26.6 Å². The lowest BCUT2D eigenvalue weighted by atomic mass is 9.85. The molecule has 31 heteroatoms. The van der Waals surface area contributed by atoms with Crippen molar-refractivity contribution in [2.45, 2.75) is 250 Å². The molecule has 27 nitrogen and oxygen atoms in total. The maximum atomic E-state index is 13.5. The predicted molar refractivity (Wildman–Crippen MR) is 537 cm³/mol. The number of hydrogen-bond donors (Lipinski definition) is 6. The van der Waals surface area contributed by atoms with Crippen LogP contribution in [-0.2, 0) is 44.9 Å². The monoisotopic (exact) mass is 1930 g/mol. The van der Waals surface area contributed by atoms with Gasteiger partial charge in [-0.1, -0.05) is 210 Å². The minimum Gasteiger partial charge on any atom is -0.391 e. The van der Waals surface area contributed by atoms with Gasteiger partial charge in [0.05, 0.1) is 91.1 Å². The number of nitrogens with one attached hydrogen (secondary N) is 5. The Hall–Kier alpha value is -11.6. The zero-order valence-corrected chi connectivity index (χ0v) is 84.4. The molecule has 136 heavy (non-hydrogen) atoms. The van der Waals surface area contributed by atoms with E-state index in [-0.39, 0.29) is 121 Å². The number of aliphatic hydroxyl groups excluding tert-OH is 1. The number of rotatable bonds is 28. The molecular weight excluding hydrogens is 1790 g/mol. The SMILES string of the molecule is C.C=C(N[C@@H](C)c1ccc(-c2sccc2C)cc1)[C@@H]1C[C@@H](O)CN1C(=O)[C@@H](NC(C)=O)C(C)(C)C.Cc1ncsc1-c1ccc(CNC(=O)[C@@H]2C[C@@H](C)CN2C(=O)C(c2ccno2)C(C)C)cc1.Cc1ncsc1-c1ccc([C@H](C)NC(=O)[C@@H]2C[C@@H](C)CN2C(=O)C(c2ccno2)C(C)C)cc1.Cc1ncsc1-c1ccc([C@H](C)NC(=O)[C@@H]2C[C@@H](C)CN2C(=O)[C@@H](c2ccno2)C(C)C)cc1. The zero-order chi connectivity index (χ0) is 97.6. The van der Waals surface area contributed by atoms with E-state index in [1.54, 1.807) is 102 Å². The molecule has 15 rings (SSSR count). The largest absolute Gasteiger partial charge is 0.391 e. The van der Waals surface area contributed by atoms with Gasteiger partial charge in [0.2, 0.25) is 47.3 Å². The van der Waals surface area contributed by atoms with Crippen molar-refractivity contribution in [1.29, 1.82) is 0 Å². The molecule has 4 aliphatic rings. The fourth-order valence-corrected chi connectivity index (χ4v) is 21.8. The van der Waals surface area contributed by atoms with E-state index in [0.29, 0.717) is 74.8 Å². The molecule has 7 aromatic heterocycles. The molecule has 4 aromatic carbocycles. The first kappa shape index (κ1) is 105. The van der Waals surface area contributed by atoms with Gasteiger partial charge in [-0.05, 0) is 170 Å². The van der Waals surface area contributed by atoms with E-state index >= 15 is 0 Å². The number of β-amino-alcohol motifs (C(OH)–C–C–N with tert-alkyl or cyclic N) is 1. The van der Waals surface area contributed by atoms with Crippen molar-refractivity contribution in [1.82, 2.24) is 76.6 Å². The lowest BCUT2D eigenvalue weighted by Gasteiger charge is -2.36. The minimum absolute atomic E-state index is 0. The zero-order valence-electron chi connectivity index (χ0n) is 81.1.